The lowest BCUT2D eigenvalue weighted by molar-refractivity contribution is 0.278. The van der Waals surface area contributed by atoms with Crippen LogP contribution in [-0.2, 0) is 23.0 Å². The minimum Gasteiger partial charge on any atom is -0.494 e. The summed E-state index contributed by atoms with van der Waals surface area (Å²) < 4.78 is 44.0. The van der Waals surface area contributed by atoms with Crippen LogP contribution in [0.15, 0.2) is 30.6 Å². The largest absolute Gasteiger partial charge is 0.494 e. The number of rotatable bonds is 7. The zero-order valence-corrected chi connectivity index (χ0v) is 18.7. The molecule has 168 valence electrons. The van der Waals surface area contributed by atoms with Gasteiger partial charge in [-0.15, -0.1) is 0 Å². The van der Waals surface area contributed by atoms with Crippen LogP contribution in [0.2, 0.25) is 0 Å². The van der Waals surface area contributed by atoms with Gasteiger partial charge in [0.05, 0.1) is 25.3 Å². The topological polar surface area (TPSA) is 75.6 Å². The van der Waals surface area contributed by atoms with Gasteiger partial charge >= 0.3 is 0 Å². The molecule has 31 heavy (non-hydrogen) atoms. The highest BCUT2D eigenvalue weighted by Crippen LogP contribution is 2.26. The Morgan fingerprint density at radius 2 is 1.87 bits per heavy atom. The van der Waals surface area contributed by atoms with Gasteiger partial charge in [-0.25, -0.2) is 22.8 Å². The molecule has 1 aromatic heterocycles. The number of benzene rings is 1. The monoisotopic (exact) mass is 448 g/mol. The smallest absolute Gasteiger partial charge is 0.225 e. The van der Waals surface area contributed by atoms with Crippen LogP contribution >= 0.6 is 0 Å². The van der Waals surface area contributed by atoms with E-state index in [9.17, 15) is 12.8 Å². The summed E-state index contributed by atoms with van der Waals surface area (Å²) in [6.45, 7) is 3.43. The van der Waals surface area contributed by atoms with Crippen LogP contribution in [0.25, 0.3) is 0 Å². The minimum absolute atomic E-state index is 0.409. The predicted octanol–water partition coefficient (Wildman–Crippen LogP) is 3.01. The van der Waals surface area contributed by atoms with Crippen molar-refractivity contribution in [3.8, 4) is 5.75 Å². The van der Waals surface area contributed by atoms with Gasteiger partial charge in [-0.3, -0.25) is 0 Å². The van der Waals surface area contributed by atoms with Gasteiger partial charge in [0.2, 0.25) is 16.0 Å². The Labute approximate surface area is 183 Å². The maximum absolute atomic E-state index is 13.0. The van der Waals surface area contributed by atoms with E-state index in [1.54, 1.807) is 0 Å². The van der Waals surface area contributed by atoms with Crippen molar-refractivity contribution in [1.82, 2.24) is 14.3 Å². The maximum Gasteiger partial charge on any atom is 0.225 e. The number of nitrogens with zero attached hydrogens (tertiary/aromatic N) is 4. The van der Waals surface area contributed by atoms with Crippen molar-refractivity contribution in [3.63, 3.8) is 0 Å². The molecule has 0 radical (unpaired) electrons. The van der Waals surface area contributed by atoms with Crippen LogP contribution in [0, 0.1) is 11.7 Å². The van der Waals surface area contributed by atoms with Gasteiger partial charge in [0.1, 0.15) is 5.75 Å². The number of piperidine rings is 1. The molecule has 0 aliphatic carbocycles. The van der Waals surface area contributed by atoms with Crippen molar-refractivity contribution in [3.05, 3.63) is 47.5 Å². The molecule has 1 aromatic carbocycles. The number of aromatic nitrogens is 2. The highest BCUT2D eigenvalue weighted by atomic mass is 32.2. The first kappa shape index (κ1) is 22.0. The molecular weight excluding hydrogens is 419 g/mol. The average molecular weight is 449 g/mol. The molecule has 1 fully saturated rings. The second-order valence-electron chi connectivity index (χ2n) is 8.40. The zero-order chi connectivity index (χ0) is 21.8. The summed E-state index contributed by atoms with van der Waals surface area (Å²) in [5, 5.41) is 0. The van der Waals surface area contributed by atoms with Gasteiger partial charge < -0.3 is 9.64 Å². The fraction of sp³-hybridized carbons (Fsp3) is 0.545. The molecule has 2 aromatic rings. The Bertz CT molecular complexity index is 992. The lowest BCUT2D eigenvalue weighted by Gasteiger charge is -2.31. The number of anilines is 1. The van der Waals surface area contributed by atoms with E-state index in [-0.39, 0.29) is 0 Å². The van der Waals surface area contributed by atoms with Crippen LogP contribution in [0.3, 0.4) is 0 Å². The Morgan fingerprint density at radius 3 is 2.58 bits per heavy atom. The summed E-state index contributed by atoms with van der Waals surface area (Å²) in [7, 11) is -3.15. The molecule has 1 saturated heterocycles. The Balaban J connectivity index is 1.18. The molecule has 0 amide bonds. The van der Waals surface area contributed by atoms with Gasteiger partial charge in [0.15, 0.2) is 5.82 Å². The molecule has 9 heteroatoms. The number of sulfonamides is 1. The molecule has 0 saturated carbocycles. The van der Waals surface area contributed by atoms with Crippen molar-refractivity contribution in [2.45, 2.75) is 38.6 Å². The third-order valence-electron chi connectivity index (χ3n) is 6.15. The van der Waals surface area contributed by atoms with Gasteiger partial charge in [-0.2, -0.15) is 4.31 Å². The first-order valence-corrected chi connectivity index (χ1v) is 12.7. The van der Waals surface area contributed by atoms with Crippen molar-refractivity contribution < 1.29 is 17.5 Å². The second kappa shape index (κ2) is 9.48. The van der Waals surface area contributed by atoms with E-state index in [0.29, 0.717) is 31.6 Å². The first-order chi connectivity index (χ1) is 14.9. The van der Waals surface area contributed by atoms with Crippen molar-refractivity contribution in [2.24, 2.45) is 5.92 Å². The standard InChI is InChI=1S/C22H29FN4O3S/c1-31(28,29)27-11-8-18-13-21(5-4-19(18)16-27)30-12-2-3-17-6-9-26(10-7-17)22-24-14-20(23)15-25-22/h4-5,13-15,17H,2-3,6-12,16H2,1H3. The predicted molar refractivity (Wildman–Crippen MR) is 117 cm³/mol. The summed E-state index contributed by atoms with van der Waals surface area (Å²) in [5.41, 5.74) is 2.23. The summed E-state index contributed by atoms with van der Waals surface area (Å²) in [6, 6.07) is 5.97. The van der Waals surface area contributed by atoms with E-state index in [1.807, 2.05) is 12.1 Å². The van der Waals surface area contributed by atoms with Crippen molar-refractivity contribution >= 4 is 16.0 Å². The molecule has 0 atom stereocenters. The Kier molecular flexibility index (Phi) is 6.71. The van der Waals surface area contributed by atoms with Crippen LogP contribution in [0.5, 0.6) is 5.75 Å². The summed E-state index contributed by atoms with van der Waals surface area (Å²) >= 11 is 0. The summed E-state index contributed by atoms with van der Waals surface area (Å²) in [5.74, 6) is 1.71. The van der Waals surface area contributed by atoms with E-state index in [2.05, 4.69) is 20.9 Å². The number of hydrogen-bond acceptors (Lipinski definition) is 6. The van der Waals surface area contributed by atoms with Gasteiger partial charge in [-0.05, 0) is 61.3 Å². The zero-order valence-electron chi connectivity index (χ0n) is 17.8. The van der Waals surface area contributed by atoms with Gasteiger partial charge in [-0.1, -0.05) is 6.07 Å². The number of halogens is 1. The van der Waals surface area contributed by atoms with Gasteiger partial charge in [0, 0.05) is 26.2 Å². The lowest BCUT2D eigenvalue weighted by atomic mass is 9.92. The minimum atomic E-state index is -3.15. The second-order valence-corrected chi connectivity index (χ2v) is 10.4. The molecule has 2 aliphatic heterocycles. The highest BCUT2D eigenvalue weighted by molar-refractivity contribution is 7.88. The molecular formula is C22H29FN4O3S. The Hall–Kier alpha value is -2.26. The van der Waals surface area contributed by atoms with E-state index in [0.717, 1.165) is 56.5 Å². The Morgan fingerprint density at radius 1 is 1.13 bits per heavy atom. The normalized spacial score (nSPS) is 18.1. The van der Waals surface area contributed by atoms with E-state index in [4.69, 9.17) is 4.74 Å². The maximum atomic E-state index is 13.0. The third-order valence-corrected chi connectivity index (χ3v) is 7.40. The molecule has 3 heterocycles. The van der Waals surface area contributed by atoms with Crippen LogP contribution in [0.4, 0.5) is 10.3 Å². The van der Waals surface area contributed by atoms with Crippen LogP contribution in [0.1, 0.15) is 36.8 Å². The fourth-order valence-corrected chi connectivity index (χ4v) is 5.13. The molecule has 2 aliphatic rings. The average Bonchev–Trinajstić information content (AvgIpc) is 2.77. The number of fused-ring (bicyclic) bond motifs is 1. The number of hydrogen-bond donors (Lipinski definition) is 0. The van der Waals surface area contributed by atoms with Gasteiger partial charge in [0.25, 0.3) is 0 Å². The van der Waals surface area contributed by atoms with Crippen LogP contribution in [-0.4, -0.2) is 55.2 Å². The fourth-order valence-electron chi connectivity index (χ4n) is 4.33. The summed E-state index contributed by atoms with van der Waals surface area (Å²) in [6.07, 6.45) is 8.68. The number of ether oxygens (including phenoxy) is 1. The van der Waals surface area contributed by atoms with Crippen molar-refractivity contribution in [2.75, 3.05) is 37.4 Å². The van der Waals surface area contributed by atoms with E-state index < -0.39 is 15.8 Å². The first-order valence-electron chi connectivity index (χ1n) is 10.8. The van der Waals surface area contributed by atoms with E-state index >= 15 is 0 Å². The lowest BCUT2D eigenvalue weighted by Crippen LogP contribution is -2.35. The molecule has 7 nitrogen and oxygen atoms in total. The molecule has 0 bridgehead atoms. The molecule has 0 spiro atoms. The summed E-state index contributed by atoms with van der Waals surface area (Å²) in [4.78, 5) is 10.3. The van der Waals surface area contributed by atoms with E-state index in [1.165, 1.54) is 28.5 Å². The third kappa shape index (κ3) is 5.71. The molecule has 0 N–H and O–H groups in total. The quantitative estimate of drug-likeness (QED) is 0.606. The van der Waals surface area contributed by atoms with Crippen molar-refractivity contribution in [1.29, 1.82) is 0 Å². The van der Waals surface area contributed by atoms with Crippen LogP contribution < -0.4 is 9.64 Å². The molecule has 4 rings (SSSR count). The molecule has 0 unspecified atom stereocenters. The SMILES string of the molecule is CS(=O)(=O)N1CCc2cc(OCCCC3CCN(c4ncc(F)cn4)CC3)ccc2C1. The highest BCUT2D eigenvalue weighted by Gasteiger charge is 2.23.